The minimum Gasteiger partial charge on any atom is -0.308 e. The van der Waals surface area contributed by atoms with Gasteiger partial charge in [0, 0.05) is 23.8 Å². The van der Waals surface area contributed by atoms with Gasteiger partial charge in [-0.05, 0) is 43.2 Å². The van der Waals surface area contributed by atoms with E-state index in [1.807, 2.05) is 31.2 Å². The average Bonchev–Trinajstić information content (AvgIpc) is 2.92. The van der Waals surface area contributed by atoms with Gasteiger partial charge in [0.15, 0.2) is 0 Å². The number of sulfonamides is 1. The van der Waals surface area contributed by atoms with Gasteiger partial charge in [-0.25, -0.2) is 8.42 Å². The molecular weight excluding hydrogens is 395 g/mol. The molecule has 0 saturated heterocycles. The summed E-state index contributed by atoms with van der Waals surface area (Å²) in [5.74, 6) is -0.285. The molecule has 1 aliphatic rings. The standard InChI is InChI=1S/C18H18Cl2N2O3S/c1-12-9-13-5-3-4-6-16(13)22(12)18(23)11-21(2)26(24,25)17-10-14(19)7-8-15(17)20/h3-8,10,12H,9,11H2,1-2H3/t12-/m1/s1. The zero-order chi connectivity index (χ0) is 19.1. The molecular formula is C18H18Cl2N2O3S. The van der Waals surface area contributed by atoms with Crippen molar-refractivity contribution in [2.75, 3.05) is 18.5 Å². The van der Waals surface area contributed by atoms with Crippen LogP contribution in [0.15, 0.2) is 47.4 Å². The van der Waals surface area contributed by atoms with Gasteiger partial charge in [-0.3, -0.25) is 4.79 Å². The number of anilines is 1. The van der Waals surface area contributed by atoms with E-state index in [0.29, 0.717) is 0 Å². The van der Waals surface area contributed by atoms with Gasteiger partial charge < -0.3 is 4.90 Å². The fourth-order valence-electron chi connectivity index (χ4n) is 3.14. The zero-order valence-electron chi connectivity index (χ0n) is 14.3. The number of benzene rings is 2. The maximum absolute atomic E-state index is 12.8. The highest BCUT2D eigenvalue weighted by Gasteiger charge is 2.33. The van der Waals surface area contributed by atoms with Gasteiger partial charge in [0.1, 0.15) is 4.90 Å². The number of rotatable bonds is 4. The molecule has 26 heavy (non-hydrogen) atoms. The molecule has 0 fully saturated rings. The Morgan fingerprint density at radius 2 is 1.92 bits per heavy atom. The van der Waals surface area contributed by atoms with E-state index in [-0.39, 0.29) is 33.4 Å². The van der Waals surface area contributed by atoms with Crippen LogP contribution in [0, 0.1) is 0 Å². The summed E-state index contributed by atoms with van der Waals surface area (Å²) in [7, 11) is -2.58. The first-order chi connectivity index (χ1) is 12.2. The molecule has 2 aromatic rings. The number of halogens is 2. The zero-order valence-corrected chi connectivity index (χ0v) is 16.6. The molecule has 1 heterocycles. The Labute approximate surface area is 163 Å². The number of carbonyl (C=O) groups is 1. The summed E-state index contributed by atoms with van der Waals surface area (Å²) >= 11 is 11.9. The molecule has 5 nitrogen and oxygen atoms in total. The monoisotopic (exact) mass is 412 g/mol. The van der Waals surface area contributed by atoms with Crippen molar-refractivity contribution in [3.05, 3.63) is 58.1 Å². The van der Waals surface area contributed by atoms with Crippen molar-refractivity contribution in [1.82, 2.24) is 4.31 Å². The Balaban J connectivity index is 1.84. The summed E-state index contributed by atoms with van der Waals surface area (Å²) in [4.78, 5) is 14.4. The number of carbonyl (C=O) groups excluding carboxylic acids is 1. The van der Waals surface area contributed by atoms with Gasteiger partial charge in [-0.2, -0.15) is 4.31 Å². The maximum atomic E-state index is 12.8. The van der Waals surface area contributed by atoms with Crippen LogP contribution in [0.1, 0.15) is 12.5 Å². The molecule has 8 heteroatoms. The number of hydrogen-bond acceptors (Lipinski definition) is 3. The van der Waals surface area contributed by atoms with Crippen molar-refractivity contribution >= 4 is 44.8 Å². The van der Waals surface area contributed by atoms with E-state index in [1.54, 1.807) is 4.90 Å². The average molecular weight is 413 g/mol. The van der Waals surface area contributed by atoms with Crippen molar-refractivity contribution in [2.24, 2.45) is 0 Å². The molecule has 0 unspecified atom stereocenters. The number of nitrogens with zero attached hydrogens (tertiary/aromatic N) is 2. The van der Waals surface area contributed by atoms with Crippen LogP contribution in [0.5, 0.6) is 0 Å². The maximum Gasteiger partial charge on any atom is 0.244 e. The second kappa shape index (κ2) is 7.19. The lowest BCUT2D eigenvalue weighted by atomic mass is 10.1. The van der Waals surface area contributed by atoms with E-state index in [0.717, 1.165) is 22.0 Å². The summed E-state index contributed by atoms with van der Waals surface area (Å²) in [5, 5.41) is 0.323. The number of fused-ring (bicyclic) bond motifs is 1. The van der Waals surface area contributed by atoms with E-state index < -0.39 is 10.0 Å². The SMILES string of the molecule is C[C@@H]1Cc2ccccc2N1C(=O)CN(C)S(=O)(=O)c1cc(Cl)ccc1Cl. The molecule has 1 aliphatic heterocycles. The predicted molar refractivity (Wildman–Crippen MR) is 103 cm³/mol. The van der Waals surface area contributed by atoms with Crippen LogP contribution in [0.3, 0.4) is 0 Å². The lowest BCUT2D eigenvalue weighted by Crippen LogP contribution is -2.43. The predicted octanol–water partition coefficient (Wildman–Crippen LogP) is 3.59. The number of amides is 1. The summed E-state index contributed by atoms with van der Waals surface area (Å²) < 4.78 is 26.6. The molecule has 138 valence electrons. The number of para-hydroxylation sites is 1. The van der Waals surface area contributed by atoms with Crippen molar-refractivity contribution in [1.29, 1.82) is 0 Å². The molecule has 0 bridgehead atoms. The molecule has 0 aromatic heterocycles. The molecule has 0 aliphatic carbocycles. The van der Waals surface area contributed by atoms with Crippen molar-refractivity contribution < 1.29 is 13.2 Å². The third-order valence-corrected chi connectivity index (χ3v) is 6.94. The van der Waals surface area contributed by atoms with Crippen molar-refractivity contribution in [2.45, 2.75) is 24.3 Å². The van der Waals surface area contributed by atoms with Crippen LogP contribution in [0.2, 0.25) is 10.0 Å². The molecule has 1 amide bonds. The molecule has 1 atom stereocenters. The molecule has 3 rings (SSSR count). The largest absolute Gasteiger partial charge is 0.308 e. The van der Waals surface area contributed by atoms with E-state index in [1.165, 1.54) is 25.2 Å². The number of hydrogen-bond donors (Lipinski definition) is 0. The third-order valence-electron chi connectivity index (χ3n) is 4.42. The summed E-state index contributed by atoms with van der Waals surface area (Å²) in [6.07, 6.45) is 0.749. The minimum atomic E-state index is -3.94. The highest BCUT2D eigenvalue weighted by Crippen LogP contribution is 2.32. The normalized spacial score (nSPS) is 16.8. The first-order valence-electron chi connectivity index (χ1n) is 8.03. The van der Waals surface area contributed by atoms with Crippen molar-refractivity contribution in [3.8, 4) is 0 Å². The first-order valence-corrected chi connectivity index (χ1v) is 10.2. The highest BCUT2D eigenvalue weighted by molar-refractivity contribution is 7.89. The topological polar surface area (TPSA) is 57.7 Å². The highest BCUT2D eigenvalue weighted by atomic mass is 35.5. The molecule has 0 saturated carbocycles. The fraction of sp³-hybridized carbons (Fsp3) is 0.278. The summed E-state index contributed by atoms with van der Waals surface area (Å²) in [5.41, 5.74) is 1.91. The first kappa shape index (κ1) is 19.2. The summed E-state index contributed by atoms with van der Waals surface area (Å²) in [6, 6.07) is 11.8. The van der Waals surface area contributed by atoms with Crippen LogP contribution in [-0.2, 0) is 21.2 Å². The van der Waals surface area contributed by atoms with Crippen LogP contribution in [-0.4, -0.2) is 38.3 Å². The Bertz CT molecular complexity index is 963. The van der Waals surface area contributed by atoms with E-state index in [2.05, 4.69) is 0 Å². The third kappa shape index (κ3) is 3.47. The van der Waals surface area contributed by atoms with Gasteiger partial charge in [0.25, 0.3) is 0 Å². The van der Waals surface area contributed by atoms with Crippen molar-refractivity contribution in [3.63, 3.8) is 0 Å². The molecule has 0 radical (unpaired) electrons. The second-order valence-electron chi connectivity index (χ2n) is 6.28. The summed E-state index contributed by atoms with van der Waals surface area (Å²) in [6.45, 7) is 1.66. The molecule has 2 aromatic carbocycles. The van der Waals surface area contributed by atoms with Crippen LogP contribution in [0.25, 0.3) is 0 Å². The van der Waals surface area contributed by atoms with E-state index >= 15 is 0 Å². The quantitative estimate of drug-likeness (QED) is 0.770. The fourth-order valence-corrected chi connectivity index (χ4v) is 4.99. The Hall–Kier alpha value is -1.60. The van der Waals surface area contributed by atoms with Gasteiger partial charge in [0.05, 0.1) is 11.6 Å². The van der Waals surface area contributed by atoms with Gasteiger partial charge in [-0.15, -0.1) is 0 Å². The Morgan fingerprint density at radius 3 is 2.65 bits per heavy atom. The second-order valence-corrected chi connectivity index (χ2v) is 9.14. The lowest BCUT2D eigenvalue weighted by molar-refractivity contribution is -0.118. The van der Waals surface area contributed by atoms with Crippen LogP contribution < -0.4 is 4.90 Å². The van der Waals surface area contributed by atoms with Crippen LogP contribution >= 0.6 is 23.2 Å². The van der Waals surface area contributed by atoms with Gasteiger partial charge >= 0.3 is 0 Å². The smallest absolute Gasteiger partial charge is 0.244 e. The molecule has 0 spiro atoms. The Morgan fingerprint density at radius 1 is 1.23 bits per heavy atom. The van der Waals surface area contributed by atoms with E-state index in [9.17, 15) is 13.2 Å². The number of likely N-dealkylation sites (N-methyl/N-ethyl adjacent to an activating group) is 1. The Kier molecular flexibility index (Phi) is 5.30. The van der Waals surface area contributed by atoms with E-state index in [4.69, 9.17) is 23.2 Å². The molecule has 0 N–H and O–H groups in total. The van der Waals surface area contributed by atoms with Gasteiger partial charge in [-0.1, -0.05) is 41.4 Å². The van der Waals surface area contributed by atoms with Gasteiger partial charge in [0.2, 0.25) is 15.9 Å². The minimum absolute atomic E-state index is 0.0224. The van der Waals surface area contributed by atoms with Crippen LogP contribution in [0.4, 0.5) is 5.69 Å². The lowest BCUT2D eigenvalue weighted by Gasteiger charge is -2.25.